The Morgan fingerprint density at radius 1 is 1.48 bits per heavy atom. The lowest BCUT2D eigenvalue weighted by molar-refractivity contribution is -0.119. The summed E-state index contributed by atoms with van der Waals surface area (Å²) >= 11 is 0. The molecular weight excluding hydrogens is 320 g/mol. The van der Waals surface area contributed by atoms with Crippen molar-refractivity contribution in [1.29, 1.82) is 0 Å². The number of primary amides is 1. The molecule has 0 aromatic carbocycles. The highest BCUT2D eigenvalue weighted by molar-refractivity contribution is 6.00. The molecule has 1 aromatic heterocycles. The fraction of sp³-hybridized carbons (Fsp3) is 0.294. The van der Waals surface area contributed by atoms with Crippen molar-refractivity contribution in [2.45, 2.75) is 19.4 Å². The van der Waals surface area contributed by atoms with E-state index in [9.17, 15) is 4.79 Å². The van der Waals surface area contributed by atoms with Gasteiger partial charge in [0.15, 0.2) is 5.84 Å². The van der Waals surface area contributed by atoms with Crippen molar-refractivity contribution in [3.8, 4) is 0 Å². The van der Waals surface area contributed by atoms with Gasteiger partial charge in [0.05, 0.1) is 11.4 Å². The van der Waals surface area contributed by atoms with Crippen molar-refractivity contribution >= 4 is 11.7 Å². The zero-order valence-electron chi connectivity index (χ0n) is 13.8. The van der Waals surface area contributed by atoms with E-state index in [1.165, 1.54) is 11.9 Å². The van der Waals surface area contributed by atoms with E-state index in [2.05, 4.69) is 25.2 Å². The molecule has 25 heavy (non-hydrogen) atoms. The average molecular weight is 338 g/mol. The quantitative estimate of drug-likeness (QED) is 0.824. The van der Waals surface area contributed by atoms with Crippen LogP contribution in [0.25, 0.3) is 0 Å². The molecule has 0 saturated carbocycles. The molecule has 3 aliphatic heterocycles. The predicted molar refractivity (Wildman–Crippen MR) is 90.8 cm³/mol. The summed E-state index contributed by atoms with van der Waals surface area (Å²) in [6.45, 7) is 3.04. The number of aliphatic imine (C=N–C) groups is 1. The van der Waals surface area contributed by atoms with Gasteiger partial charge in [-0.3, -0.25) is 4.79 Å². The normalized spacial score (nSPS) is 19.9. The number of amidine groups is 1. The Kier molecular flexibility index (Phi) is 3.72. The summed E-state index contributed by atoms with van der Waals surface area (Å²) in [5.74, 6) is 0.365. The predicted octanol–water partition coefficient (Wildman–Crippen LogP) is 0.416. The molecule has 128 valence electrons. The van der Waals surface area contributed by atoms with E-state index >= 15 is 0 Å². The molecular formula is C17H18N6O2. The number of nitrogens with two attached hydrogens (primary N) is 1. The molecule has 8 heteroatoms. The van der Waals surface area contributed by atoms with Gasteiger partial charge >= 0.3 is 0 Å². The van der Waals surface area contributed by atoms with Crippen LogP contribution in [-0.4, -0.2) is 45.8 Å². The van der Waals surface area contributed by atoms with Crippen LogP contribution in [0.3, 0.4) is 0 Å². The molecule has 4 heterocycles. The molecule has 1 aromatic rings. The van der Waals surface area contributed by atoms with Gasteiger partial charge in [-0.15, -0.1) is 0 Å². The molecule has 1 amide bonds. The lowest BCUT2D eigenvalue weighted by Gasteiger charge is -2.29. The molecule has 4 rings (SSSR count). The number of hydrogen-bond donors (Lipinski definition) is 2. The maximum absolute atomic E-state index is 11.4. The highest BCUT2D eigenvalue weighted by atomic mass is 16.5. The minimum atomic E-state index is -0.514. The van der Waals surface area contributed by atoms with Crippen LogP contribution in [0.5, 0.6) is 0 Å². The summed E-state index contributed by atoms with van der Waals surface area (Å²) < 4.78 is 5.67. The van der Waals surface area contributed by atoms with Crippen molar-refractivity contribution in [2.75, 3.05) is 13.2 Å². The van der Waals surface area contributed by atoms with E-state index in [4.69, 9.17) is 10.5 Å². The Morgan fingerprint density at radius 2 is 2.36 bits per heavy atom. The van der Waals surface area contributed by atoms with Crippen LogP contribution in [0.2, 0.25) is 0 Å². The topological polar surface area (TPSA) is 106 Å². The lowest BCUT2D eigenvalue weighted by atomic mass is 10.0. The highest BCUT2D eigenvalue weighted by Gasteiger charge is 2.35. The van der Waals surface area contributed by atoms with Crippen molar-refractivity contribution in [2.24, 2.45) is 10.7 Å². The smallest absolute Gasteiger partial charge is 0.239 e. The standard InChI is InChI=1S/C17H18N6O2/c1-10(16(18)24)22-14-8-25-7-11-3-5-23-15(11)12(14)6-20-17(23)13-2-4-19-9-21-13/h2,4,6,8-10,22H,3,5,7H2,1H3,(H2,18,24). The number of hydrogen-bond acceptors (Lipinski definition) is 7. The Hall–Kier alpha value is -3.16. The van der Waals surface area contributed by atoms with Gasteiger partial charge in [0.2, 0.25) is 5.91 Å². The summed E-state index contributed by atoms with van der Waals surface area (Å²) in [6, 6.07) is 1.33. The monoisotopic (exact) mass is 338 g/mol. The third-order valence-electron chi connectivity index (χ3n) is 4.43. The number of amides is 1. The first-order valence-corrected chi connectivity index (χ1v) is 8.07. The van der Waals surface area contributed by atoms with Crippen molar-refractivity contribution in [3.05, 3.63) is 59.3 Å². The van der Waals surface area contributed by atoms with Gasteiger partial charge in [-0.25, -0.2) is 15.0 Å². The van der Waals surface area contributed by atoms with Crippen LogP contribution in [0, 0.1) is 0 Å². The van der Waals surface area contributed by atoms with Crippen LogP contribution >= 0.6 is 0 Å². The SMILES string of the molecule is CC(NC1=COCC2=C3C1=CN=C(c1ccncn1)N3CC2)C(N)=O. The summed E-state index contributed by atoms with van der Waals surface area (Å²) in [7, 11) is 0. The zero-order chi connectivity index (χ0) is 17.4. The van der Waals surface area contributed by atoms with E-state index < -0.39 is 11.9 Å². The molecule has 0 bridgehead atoms. The minimum Gasteiger partial charge on any atom is -0.495 e. The van der Waals surface area contributed by atoms with Gasteiger partial charge in [-0.2, -0.15) is 0 Å². The average Bonchev–Trinajstić information content (AvgIpc) is 2.96. The molecule has 0 fully saturated rings. The van der Waals surface area contributed by atoms with E-state index in [1.54, 1.807) is 25.6 Å². The number of ether oxygens (including phenoxy) is 1. The van der Waals surface area contributed by atoms with Crippen molar-refractivity contribution in [3.63, 3.8) is 0 Å². The molecule has 1 unspecified atom stereocenters. The van der Waals surface area contributed by atoms with Crippen LogP contribution in [0.15, 0.2) is 58.6 Å². The molecule has 3 aliphatic rings. The van der Waals surface area contributed by atoms with Gasteiger partial charge in [0.25, 0.3) is 0 Å². The molecule has 3 N–H and O–H groups in total. The second-order valence-electron chi connectivity index (χ2n) is 6.05. The summed E-state index contributed by atoms with van der Waals surface area (Å²) in [6.07, 6.45) is 7.53. The Bertz CT molecular complexity index is 840. The number of nitrogens with one attached hydrogen (secondary N) is 1. The molecule has 0 saturated heterocycles. The fourth-order valence-corrected chi connectivity index (χ4v) is 3.14. The van der Waals surface area contributed by atoms with E-state index in [-0.39, 0.29) is 0 Å². The molecule has 0 aliphatic carbocycles. The van der Waals surface area contributed by atoms with Gasteiger partial charge in [-0.05, 0) is 25.0 Å². The van der Waals surface area contributed by atoms with Gasteiger partial charge in [-0.1, -0.05) is 0 Å². The second-order valence-corrected chi connectivity index (χ2v) is 6.05. The first kappa shape index (κ1) is 15.4. The van der Waals surface area contributed by atoms with Crippen molar-refractivity contribution in [1.82, 2.24) is 20.2 Å². The van der Waals surface area contributed by atoms with E-state index in [1.807, 2.05) is 6.07 Å². The maximum Gasteiger partial charge on any atom is 0.239 e. The van der Waals surface area contributed by atoms with Crippen LogP contribution in [0.4, 0.5) is 0 Å². The van der Waals surface area contributed by atoms with Gasteiger partial charge in [0.1, 0.15) is 30.9 Å². The number of rotatable bonds is 4. The number of carbonyl (C=O) groups excluding carboxylic acids is 1. The number of nitrogens with zero attached hydrogens (tertiary/aromatic N) is 4. The Morgan fingerprint density at radius 3 is 3.12 bits per heavy atom. The van der Waals surface area contributed by atoms with Gasteiger partial charge < -0.3 is 20.7 Å². The summed E-state index contributed by atoms with van der Waals surface area (Å²) in [5.41, 5.74) is 10.0. The van der Waals surface area contributed by atoms with E-state index in [0.29, 0.717) is 12.3 Å². The first-order chi connectivity index (χ1) is 12.1. The van der Waals surface area contributed by atoms with Crippen LogP contribution in [0.1, 0.15) is 19.0 Å². The second kappa shape index (κ2) is 6.04. The number of aromatic nitrogens is 2. The third kappa shape index (κ3) is 2.65. The van der Waals surface area contributed by atoms with Crippen LogP contribution < -0.4 is 11.1 Å². The van der Waals surface area contributed by atoms with Crippen molar-refractivity contribution < 1.29 is 9.53 Å². The maximum atomic E-state index is 11.4. The summed E-state index contributed by atoms with van der Waals surface area (Å²) in [4.78, 5) is 26.4. The fourth-order valence-electron chi connectivity index (χ4n) is 3.14. The molecule has 0 radical (unpaired) electrons. The Balaban J connectivity index is 1.75. The minimum absolute atomic E-state index is 0.427. The Labute approximate surface area is 144 Å². The van der Waals surface area contributed by atoms with Crippen LogP contribution in [-0.2, 0) is 9.53 Å². The summed E-state index contributed by atoms with van der Waals surface area (Å²) in [5, 5.41) is 3.12. The first-order valence-electron chi connectivity index (χ1n) is 8.07. The number of carbonyl (C=O) groups is 1. The van der Waals surface area contributed by atoms with Gasteiger partial charge in [0, 0.05) is 24.5 Å². The molecule has 0 spiro atoms. The molecule has 1 atom stereocenters. The zero-order valence-corrected chi connectivity index (χ0v) is 13.8. The lowest BCUT2D eigenvalue weighted by Crippen LogP contribution is -2.40. The highest BCUT2D eigenvalue weighted by Crippen LogP contribution is 2.37. The molecule has 8 nitrogen and oxygen atoms in total. The third-order valence-corrected chi connectivity index (χ3v) is 4.43. The largest absolute Gasteiger partial charge is 0.495 e. The van der Waals surface area contributed by atoms with E-state index in [0.717, 1.165) is 35.8 Å².